The third-order valence-electron chi connectivity index (χ3n) is 3.67. The van der Waals surface area contributed by atoms with Crippen molar-refractivity contribution in [1.82, 2.24) is 0 Å². The number of methoxy groups -OCH3 is 1. The lowest BCUT2D eigenvalue weighted by atomic mass is 10.1. The first kappa shape index (κ1) is 20.4. The number of carbonyl (C=O) groups excluding carboxylic acids is 3. The Balaban J connectivity index is 2.38. The van der Waals surface area contributed by atoms with Gasteiger partial charge in [0.25, 0.3) is 11.8 Å². The molecular formula is C18H17N3O4S2. The van der Waals surface area contributed by atoms with Crippen LogP contribution in [0.1, 0.15) is 42.3 Å². The molecule has 0 bridgehead atoms. The number of thiophene rings is 2. The molecule has 0 aliphatic heterocycles. The van der Waals surface area contributed by atoms with Crippen LogP contribution in [0.2, 0.25) is 0 Å². The number of nitriles is 1. The lowest BCUT2D eigenvalue weighted by molar-refractivity contribution is -0.112. The van der Waals surface area contributed by atoms with E-state index in [1.54, 1.807) is 0 Å². The quantitative estimate of drug-likeness (QED) is 0.436. The Morgan fingerprint density at radius 3 is 2.56 bits per heavy atom. The Morgan fingerprint density at radius 2 is 2.04 bits per heavy atom. The zero-order valence-corrected chi connectivity index (χ0v) is 16.5. The topological polar surface area (TPSA) is 122 Å². The highest BCUT2D eigenvalue weighted by Crippen LogP contribution is 2.33. The summed E-state index contributed by atoms with van der Waals surface area (Å²) in [5, 5.41) is 12.0. The number of esters is 1. The molecule has 7 nitrogen and oxygen atoms in total. The summed E-state index contributed by atoms with van der Waals surface area (Å²) < 4.78 is 4.72. The van der Waals surface area contributed by atoms with Crippen LogP contribution in [0.4, 0.5) is 5.00 Å². The molecule has 0 fully saturated rings. The predicted octanol–water partition coefficient (Wildman–Crippen LogP) is 3.11. The molecule has 2 rings (SSSR count). The standard InChI is InChI=1S/C18H17N3O4S2/c1-4-11-5-6-12(26-11)7-10(8-19)16(23)21-17-13(18(24)25-3)9(2)14(27-17)15(20)22/h5-7H,4H2,1-3H3,(H2,20,22)(H,21,23)/b10-7+. The van der Waals surface area contributed by atoms with Gasteiger partial charge in [-0.05, 0) is 37.1 Å². The van der Waals surface area contributed by atoms with E-state index in [0.29, 0.717) is 5.56 Å². The molecule has 0 atom stereocenters. The van der Waals surface area contributed by atoms with E-state index in [9.17, 15) is 19.6 Å². The number of aryl methyl sites for hydroxylation is 1. The molecule has 2 aromatic heterocycles. The normalized spacial score (nSPS) is 11.0. The van der Waals surface area contributed by atoms with E-state index in [0.717, 1.165) is 27.5 Å². The van der Waals surface area contributed by atoms with Gasteiger partial charge in [-0.15, -0.1) is 22.7 Å². The van der Waals surface area contributed by atoms with Crippen LogP contribution in [0.15, 0.2) is 17.7 Å². The molecule has 0 aromatic carbocycles. The molecule has 2 heterocycles. The average Bonchev–Trinajstić information content (AvgIpc) is 3.23. The highest BCUT2D eigenvalue weighted by Gasteiger charge is 2.26. The second-order valence-electron chi connectivity index (χ2n) is 5.40. The van der Waals surface area contributed by atoms with Crippen molar-refractivity contribution in [3.63, 3.8) is 0 Å². The molecule has 140 valence electrons. The fraction of sp³-hybridized carbons (Fsp3) is 0.222. The van der Waals surface area contributed by atoms with Gasteiger partial charge in [0, 0.05) is 9.75 Å². The van der Waals surface area contributed by atoms with Gasteiger partial charge in [-0.25, -0.2) is 4.79 Å². The number of anilines is 1. The van der Waals surface area contributed by atoms with E-state index in [1.807, 2.05) is 25.1 Å². The van der Waals surface area contributed by atoms with Crippen molar-refractivity contribution in [3.8, 4) is 6.07 Å². The summed E-state index contributed by atoms with van der Waals surface area (Å²) in [6, 6.07) is 5.62. The molecule has 27 heavy (non-hydrogen) atoms. The van der Waals surface area contributed by atoms with Crippen LogP contribution in [0.25, 0.3) is 6.08 Å². The molecule has 0 radical (unpaired) electrons. The van der Waals surface area contributed by atoms with Gasteiger partial charge < -0.3 is 15.8 Å². The fourth-order valence-corrected chi connectivity index (χ4v) is 4.25. The van der Waals surface area contributed by atoms with Gasteiger partial charge in [-0.3, -0.25) is 9.59 Å². The highest BCUT2D eigenvalue weighted by atomic mass is 32.1. The maximum absolute atomic E-state index is 12.5. The third kappa shape index (κ3) is 4.42. The smallest absolute Gasteiger partial charge is 0.341 e. The van der Waals surface area contributed by atoms with Crippen LogP contribution in [0, 0.1) is 18.3 Å². The fourth-order valence-electron chi connectivity index (χ4n) is 2.31. The van der Waals surface area contributed by atoms with Crippen molar-refractivity contribution < 1.29 is 19.1 Å². The SMILES string of the molecule is CCc1ccc(/C=C(\C#N)C(=O)Nc2sc(C(N)=O)c(C)c2C(=O)OC)s1. The van der Waals surface area contributed by atoms with E-state index in [4.69, 9.17) is 10.5 Å². The van der Waals surface area contributed by atoms with Crippen LogP contribution in [0.3, 0.4) is 0 Å². The number of rotatable bonds is 6. The van der Waals surface area contributed by atoms with Crippen LogP contribution in [-0.4, -0.2) is 24.9 Å². The molecular weight excluding hydrogens is 386 g/mol. The van der Waals surface area contributed by atoms with E-state index < -0.39 is 17.8 Å². The van der Waals surface area contributed by atoms with Crippen LogP contribution in [0.5, 0.6) is 0 Å². The zero-order valence-electron chi connectivity index (χ0n) is 14.9. The van der Waals surface area contributed by atoms with Gasteiger partial charge in [-0.1, -0.05) is 6.92 Å². The summed E-state index contributed by atoms with van der Waals surface area (Å²) in [7, 11) is 1.19. The first-order chi connectivity index (χ1) is 12.8. The molecule has 2 aromatic rings. The molecule has 0 spiro atoms. The van der Waals surface area contributed by atoms with Crippen molar-refractivity contribution >= 4 is 51.5 Å². The zero-order chi connectivity index (χ0) is 20.1. The molecule has 0 saturated carbocycles. The van der Waals surface area contributed by atoms with Gasteiger partial charge in [0.15, 0.2) is 0 Å². The molecule has 0 unspecified atom stereocenters. The summed E-state index contributed by atoms with van der Waals surface area (Å²) in [4.78, 5) is 38.2. The molecule has 0 aliphatic carbocycles. The van der Waals surface area contributed by atoms with Crippen LogP contribution < -0.4 is 11.1 Å². The monoisotopic (exact) mass is 403 g/mol. The second-order valence-corrected chi connectivity index (χ2v) is 7.62. The molecule has 0 aliphatic rings. The third-order valence-corrected chi connectivity index (χ3v) is 6.07. The number of ether oxygens (including phenoxy) is 1. The lowest BCUT2D eigenvalue weighted by Crippen LogP contribution is -2.15. The lowest BCUT2D eigenvalue weighted by Gasteiger charge is -2.05. The Hall–Kier alpha value is -2.96. The molecule has 9 heteroatoms. The molecule has 0 saturated heterocycles. The summed E-state index contributed by atoms with van der Waals surface area (Å²) in [5.41, 5.74) is 5.56. The van der Waals surface area contributed by atoms with E-state index in [-0.39, 0.29) is 21.0 Å². The first-order valence-corrected chi connectivity index (χ1v) is 9.49. The van der Waals surface area contributed by atoms with Gasteiger partial charge in [0.2, 0.25) is 0 Å². The summed E-state index contributed by atoms with van der Waals surface area (Å²) in [6.45, 7) is 3.55. The van der Waals surface area contributed by atoms with Crippen LogP contribution >= 0.6 is 22.7 Å². The van der Waals surface area contributed by atoms with Gasteiger partial charge in [0.1, 0.15) is 16.6 Å². The number of nitrogens with two attached hydrogens (primary N) is 1. The summed E-state index contributed by atoms with van der Waals surface area (Å²) >= 11 is 2.35. The number of nitrogens with zero attached hydrogens (tertiary/aromatic N) is 1. The van der Waals surface area contributed by atoms with Crippen molar-refractivity contribution in [3.05, 3.63) is 43.5 Å². The van der Waals surface area contributed by atoms with Gasteiger partial charge in [-0.2, -0.15) is 5.26 Å². The number of carbonyl (C=O) groups is 3. The van der Waals surface area contributed by atoms with E-state index in [1.165, 1.54) is 31.4 Å². The first-order valence-electron chi connectivity index (χ1n) is 7.85. The van der Waals surface area contributed by atoms with Crippen LogP contribution in [-0.2, 0) is 16.0 Å². The number of primary amides is 1. The van der Waals surface area contributed by atoms with Gasteiger partial charge in [0.05, 0.1) is 17.6 Å². The number of hydrogen-bond donors (Lipinski definition) is 2. The Kier molecular flexibility index (Phi) is 6.50. The van der Waals surface area contributed by atoms with Crippen molar-refractivity contribution in [2.24, 2.45) is 5.73 Å². The summed E-state index contributed by atoms with van der Waals surface area (Å²) in [6.07, 6.45) is 2.34. The summed E-state index contributed by atoms with van der Waals surface area (Å²) in [5.74, 6) is -2.11. The minimum absolute atomic E-state index is 0.0475. The Morgan fingerprint density at radius 1 is 1.33 bits per heavy atom. The minimum atomic E-state index is -0.718. The van der Waals surface area contributed by atoms with E-state index in [2.05, 4.69) is 5.32 Å². The van der Waals surface area contributed by atoms with Crippen molar-refractivity contribution in [2.45, 2.75) is 20.3 Å². The molecule has 3 N–H and O–H groups in total. The Bertz CT molecular complexity index is 979. The largest absolute Gasteiger partial charge is 0.465 e. The highest BCUT2D eigenvalue weighted by molar-refractivity contribution is 7.18. The number of nitrogens with one attached hydrogen (secondary N) is 1. The average molecular weight is 403 g/mol. The minimum Gasteiger partial charge on any atom is -0.465 e. The van der Waals surface area contributed by atoms with Crippen molar-refractivity contribution in [1.29, 1.82) is 5.26 Å². The maximum atomic E-state index is 12.5. The Labute approximate surface area is 164 Å². The van der Waals surface area contributed by atoms with E-state index >= 15 is 0 Å². The van der Waals surface area contributed by atoms with Gasteiger partial charge >= 0.3 is 5.97 Å². The second kappa shape index (κ2) is 8.62. The maximum Gasteiger partial charge on any atom is 0.341 e. The number of amides is 2. The van der Waals surface area contributed by atoms with Crippen molar-refractivity contribution in [2.75, 3.05) is 12.4 Å². The predicted molar refractivity (Wildman–Crippen MR) is 105 cm³/mol. The molecule has 2 amide bonds. The number of hydrogen-bond acceptors (Lipinski definition) is 7.